The molecule has 1 saturated heterocycles. The molecule has 0 bridgehead atoms. The predicted molar refractivity (Wildman–Crippen MR) is 96.8 cm³/mol. The van der Waals surface area contributed by atoms with Gasteiger partial charge in [-0.15, -0.1) is 0 Å². The van der Waals surface area contributed by atoms with Crippen molar-refractivity contribution in [2.75, 3.05) is 19.8 Å². The summed E-state index contributed by atoms with van der Waals surface area (Å²) < 4.78 is 11.1. The van der Waals surface area contributed by atoms with Crippen molar-refractivity contribution >= 4 is 17.7 Å². The van der Waals surface area contributed by atoms with Gasteiger partial charge in [0.25, 0.3) is 0 Å². The van der Waals surface area contributed by atoms with E-state index in [4.69, 9.17) is 21.1 Å². The molecule has 0 N–H and O–H groups in total. The van der Waals surface area contributed by atoms with Gasteiger partial charge < -0.3 is 9.47 Å². The number of carbonyl (C=O) groups excluding carboxylic acids is 1. The average molecular weight is 377 g/mol. The molecule has 0 unspecified atom stereocenters. The second-order valence-electron chi connectivity index (χ2n) is 7.00. The van der Waals surface area contributed by atoms with Gasteiger partial charge in [0.2, 0.25) is 0 Å². The van der Waals surface area contributed by atoms with E-state index in [0.29, 0.717) is 30.6 Å². The lowest BCUT2D eigenvalue weighted by atomic mass is 10.0. The summed E-state index contributed by atoms with van der Waals surface area (Å²) in [5, 5.41) is 0.535. The van der Waals surface area contributed by atoms with Crippen LogP contribution in [0.3, 0.4) is 0 Å². The monoisotopic (exact) mass is 376 g/mol. The molecule has 7 nitrogen and oxygen atoms in total. The molecule has 1 aromatic carbocycles. The van der Waals surface area contributed by atoms with E-state index in [1.54, 1.807) is 11.0 Å². The Morgan fingerprint density at radius 3 is 2.69 bits per heavy atom. The zero-order valence-corrected chi connectivity index (χ0v) is 15.7. The first-order valence-electron chi connectivity index (χ1n) is 8.34. The standard InChI is InChI=1S/C18H21ClN4O3/c1-18(2,3)26-17(24)23-4-5-25-9-15(23)12-6-13(8-14(19)7-12)16-21-10-20-11-22-16/h6-8,10-11,15H,4-5,9H2,1-3H3/t15-/m0/s1. The summed E-state index contributed by atoms with van der Waals surface area (Å²) in [7, 11) is 0. The van der Waals surface area contributed by atoms with Crippen LogP contribution in [0.4, 0.5) is 4.79 Å². The minimum Gasteiger partial charge on any atom is -0.444 e. The first-order valence-corrected chi connectivity index (χ1v) is 8.71. The fraction of sp³-hybridized carbons (Fsp3) is 0.444. The summed E-state index contributed by atoms with van der Waals surface area (Å²) in [5.41, 5.74) is 1.03. The van der Waals surface area contributed by atoms with Crippen molar-refractivity contribution < 1.29 is 14.3 Å². The van der Waals surface area contributed by atoms with Gasteiger partial charge in [-0.2, -0.15) is 0 Å². The first-order chi connectivity index (χ1) is 12.3. The van der Waals surface area contributed by atoms with Crippen LogP contribution in [-0.2, 0) is 9.47 Å². The van der Waals surface area contributed by atoms with Crippen LogP contribution in [-0.4, -0.2) is 51.3 Å². The summed E-state index contributed by atoms with van der Waals surface area (Å²) in [4.78, 5) is 26.5. The van der Waals surface area contributed by atoms with Crippen molar-refractivity contribution in [1.29, 1.82) is 0 Å². The summed E-state index contributed by atoms with van der Waals surface area (Å²) in [6.45, 7) is 6.83. The molecule has 1 atom stereocenters. The van der Waals surface area contributed by atoms with Gasteiger partial charge in [-0.05, 0) is 44.5 Å². The Bertz CT molecular complexity index is 780. The summed E-state index contributed by atoms with van der Waals surface area (Å²) >= 11 is 6.31. The molecule has 1 fully saturated rings. The van der Waals surface area contributed by atoms with Crippen LogP contribution in [0.1, 0.15) is 32.4 Å². The number of rotatable bonds is 2. The largest absolute Gasteiger partial charge is 0.444 e. The highest BCUT2D eigenvalue weighted by molar-refractivity contribution is 6.30. The second kappa shape index (κ2) is 7.55. The molecule has 0 radical (unpaired) electrons. The Labute approximate surface area is 157 Å². The van der Waals surface area contributed by atoms with Crippen LogP contribution in [0.2, 0.25) is 5.02 Å². The van der Waals surface area contributed by atoms with Gasteiger partial charge in [0.05, 0.1) is 19.3 Å². The van der Waals surface area contributed by atoms with Crippen LogP contribution in [0.15, 0.2) is 30.9 Å². The van der Waals surface area contributed by atoms with E-state index in [2.05, 4.69) is 15.0 Å². The van der Waals surface area contributed by atoms with Gasteiger partial charge >= 0.3 is 6.09 Å². The number of hydrogen-bond acceptors (Lipinski definition) is 6. The molecule has 3 rings (SSSR count). The van der Waals surface area contributed by atoms with Gasteiger partial charge in [0.1, 0.15) is 18.3 Å². The summed E-state index contributed by atoms with van der Waals surface area (Å²) in [6.07, 6.45) is 2.49. The van der Waals surface area contributed by atoms with Crippen molar-refractivity contribution in [3.05, 3.63) is 41.4 Å². The number of amides is 1. The molecule has 0 saturated carbocycles. The van der Waals surface area contributed by atoms with Crippen LogP contribution in [0, 0.1) is 0 Å². The number of benzene rings is 1. The Kier molecular flexibility index (Phi) is 5.38. The first kappa shape index (κ1) is 18.5. The lowest BCUT2D eigenvalue weighted by Crippen LogP contribution is -2.45. The molecule has 1 aliphatic heterocycles. The Morgan fingerprint density at radius 2 is 2.00 bits per heavy atom. The number of ether oxygens (including phenoxy) is 2. The Hall–Kier alpha value is -2.25. The zero-order chi connectivity index (χ0) is 18.7. The highest BCUT2D eigenvalue weighted by atomic mass is 35.5. The van der Waals surface area contributed by atoms with Gasteiger partial charge in [-0.1, -0.05) is 11.6 Å². The number of halogens is 1. The van der Waals surface area contributed by atoms with Crippen molar-refractivity contribution in [2.45, 2.75) is 32.4 Å². The minimum absolute atomic E-state index is 0.294. The van der Waals surface area contributed by atoms with E-state index in [1.807, 2.05) is 32.9 Å². The third-order valence-corrected chi connectivity index (χ3v) is 4.03. The van der Waals surface area contributed by atoms with Crippen molar-refractivity contribution in [3.63, 3.8) is 0 Å². The molecular weight excluding hydrogens is 356 g/mol. The average Bonchev–Trinajstić information content (AvgIpc) is 2.60. The van der Waals surface area contributed by atoms with E-state index in [-0.39, 0.29) is 12.1 Å². The number of nitrogens with zero attached hydrogens (tertiary/aromatic N) is 4. The molecule has 26 heavy (non-hydrogen) atoms. The SMILES string of the molecule is CC(C)(C)OC(=O)N1CCOC[C@H]1c1cc(Cl)cc(-c2ncncn2)c1. The summed E-state index contributed by atoms with van der Waals surface area (Å²) in [6, 6.07) is 5.22. The highest BCUT2D eigenvalue weighted by Crippen LogP contribution is 2.31. The van der Waals surface area contributed by atoms with Crippen LogP contribution in [0.5, 0.6) is 0 Å². The van der Waals surface area contributed by atoms with Crippen molar-refractivity contribution in [3.8, 4) is 11.4 Å². The van der Waals surface area contributed by atoms with Gasteiger partial charge in [0, 0.05) is 17.1 Å². The molecule has 2 heterocycles. The minimum atomic E-state index is -0.565. The molecule has 2 aromatic rings. The number of morpholine rings is 1. The molecule has 1 aliphatic rings. The predicted octanol–water partition coefficient (Wildman–Crippen LogP) is 3.50. The third-order valence-electron chi connectivity index (χ3n) is 3.81. The maximum atomic E-state index is 12.6. The Morgan fingerprint density at radius 1 is 1.27 bits per heavy atom. The lowest BCUT2D eigenvalue weighted by molar-refractivity contribution is -0.0331. The van der Waals surface area contributed by atoms with Gasteiger partial charge in [-0.3, -0.25) is 4.90 Å². The third kappa shape index (κ3) is 4.47. The van der Waals surface area contributed by atoms with Crippen LogP contribution in [0.25, 0.3) is 11.4 Å². The normalized spacial score (nSPS) is 17.8. The lowest BCUT2D eigenvalue weighted by Gasteiger charge is -2.37. The fourth-order valence-corrected chi connectivity index (χ4v) is 2.98. The number of aromatic nitrogens is 3. The zero-order valence-electron chi connectivity index (χ0n) is 15.0. The second-order valence-corrected chi connectivity index (χ2v) is 7.44. The topological polar surface area (TPSA) is 77.4 Å². The number of carbonyl (C=O) groups is 1. The van der Waals surface area contributed by atoms with E-state index in [0.717, 1.165) is 11.1 Å². The smallest absolute Gasteiger partial charge is 0.410 e. The van der Waals surface area contributed by atoms with Crippen LogP contribution >= 0.6 is 11.6 Å². The molecule has 0 spiro atoms. The quantitative estimate of drug-likeness (QED) is 0.798. The van der Waals surface area contributed by atoms with Gasteiger partial charge in [-0.25, -0.2) is 19.7 Å². The van der Waals surface area contributed by atoms with E-state index in [1.165, 1.54) is 12.7 Å². The van der Waals surface area contributed by atoms with Crippen LogP contribution < -0.4 is 0 Å². The molecular formula is C18H21ClN4O3. The van der Waals surface area contributed by atoms with Gasteiger partial charge in [0.15, 0.2) is 5.82 Å². The van der Waals surface area contributed by atoms with E-state index >= 15 is 0 Å². The highest BCUT2D eigenvalue weighted by Gasteiger charge is 2.32. The molecule has 1 aromatic heterocycles. The maximum Gasteiger partial charge on any atom is 0.410 e. The fourth-order valence-electron chi connectivity index (χ4n) is 2.74. The van der Waals surface area contributed by atoms with Crippen molar-refractivity contribution in [2.24, 2.45) is 0 Å². The molecule has 0 aliphatic carbocycles. The Balaban J connectivity index is 1.93. The maximum absolute atomic E-state index is 12.6. The summed E-state index contributed by atoms with van der Waals surface area (Å²) in [5.74, 6) is 0.518. The van der Waals surface area contributed by atoms with E-state index < -0.39 is 5.60 Å². The van der Waals surface area contributed by atoms with Crippen molar-refractivity contribution in [1.82, 2.24) is 19.9 Å². The molecule has 8 heteroatoms. The molecule has 138 valence electrons. The number of hydrogen-bond donors (Lipinski definition) is 0. The molecule has 1 amide bonds. The van der Waals surface area contributed by atoms with E-state index in [9.17, 15) is 4.79 Å².